The van der Waals surface area contributed by atoms with Gasteiger partial charge in [0.1, 0.15) is 9.21 Å². The van der Waals surface area contributed by atoms with E-state index in [9.17, 15) is 4.79 Å². The molecule has 0 fully saturated rings. The summed E-state index contributed by atoms with van der Waals surface area (Å²) >= 11 is 6.44. The number of amides is 1. The summed E-state index contributed by atoms with van der Waals surface area (Å²) in [5, 5.41) is 2.69. The molecule has 2 aromatic rings. The van der Waals surface area contributed by atoms with Crippen LogP contribution in [0.4, 0.5) is 5.82 Å². The molecule has 2 rings (SSSR count). The minimum atomic E-state index is -0.215. The highest BCUT2D eigenvalue weighted by Gasteiger charge is 2.10. The monoisotopic (exact) mass is 369 g/mol. The number of benzene rings is 1. The van der Waals surface area contributed by atoms with E-state index < -0.39 is 0 Å². The zero-order valence-electron chi connectivity index (χ0n) is 9.45. The second-order valence-electron chi connectivity index (χ2n) is 3.65. The van der Waals surface area contributed by atoms with E-state index in [0.29, 0.717) is 20.6 Å². The SMILES string of the molecule is Cc1ccc(C(=O)Nc2ncc(Br)nc2Br)cc1. The average molecular weight is 371 g/mol. The summed E-state index contributed by atoms with van der Waals surface area (Å²) in [5.74, 6) is 0.177. The Hall–Kier alpha value is -1.27. The van der Waals surface area contributed by atoms with Gasteiger partial charge >= 0.3 is 0 Å². The van der Waals surface area contributed by atoms with E-state index in [-0.39, 0.29) is 5.91 Å². The molecule has 0 aliphatic carbocycles. The zero-order valence-corrected chi connectivity index (χ0v) is 12.6. The molecule has 0 saturated heterocycles. The van der Waals surface area contributed by atoms with Crippen molar-refractivity contribution in [2.75, 3.05) is 5.32 Å². The van der Waals surface area contributed by atoms with Crippen LogP contribution in [0.15, 0.2) is 39.7 Å². The van der Waals surface area contributed by atoms with E-state index in [1.165, 1.54) is 6.20 Å². The first-order valence-electron chi connectivity index (χ1n) is 5.12. The quantitative estimate of drug-likeness (QED) is 0.879. The van der Waals surface area contributed by atoms with Crippen LogP contribution < -0.4 is 5.32 Å². The second-order valence-corrected chi connectivity index (χ2v) is 5.22. The zero-order chi connectivity index (χ0) is 13.1. The third-order valence-electron chi connectivity index (χ3n) is 2.25. The lowest BCUT2D eigenvalue weighted by atomic mass is 10.1. The van der Waals surface area contributed by atoms with E-state index in [4.69, 9.17) is 0 Å². The molecule has 1 heterocycles. The predicted octanol–water partition coefficient (Wildman–Crippen LogP) is 3.56. The maximum absolute atomic E-state index is 12.0. The van der Waals surface area contributed by atoms with Crippen molar-refractivity contribution in [2.45, 2.75) is 6.92 Å². The van der Waals surface area contributed by atoms with Crippen molar-refractivity contribution in [3.63, 3.8) is 0 Å². The highest BCUT2D eigenvalue weighted by Crippen LogP contribution is 2.20. The van der Waals surface area contributed by atoms with Gasteiger partial charge in [-0.05, 0) is 50.9 Å². The summed E-state index contributed by atoms with van der Waals surface area (Å²) < 4.78 is 1.08. The third kappa shape index (κ3) is 3.14. The molecule has 1 aromatic heterocycles. The van der Waals surface area contributed by atoms with E-state index in [0.717, 1.165) is 5.56 Å². The first-order chi connectivity index (χ1) is 8.56. The van der Waals surface area contributed by atoms with Crippen LogP contribution in [0, 0.1) is 6.92 Å². The van der Waals surface area contributed by atoms with Gasteiger partial charge in [0, 0.05) is 5.56 Å². The van der Waals surface area contributed by atoms with Gasteiger partial charge in [-0.1, -0.05) is 17.7 Å². The standard InChI is InChI=1S/C12H9Br2N3O/c1-7-2-4-8(5-3-7)12(18)17-11-10(14)16-9(13)6-15-11/h2-6H,1H3,(H,15,17,18). The Labute approximate surface area is 121 Å². The van der Waals surface area contributed by atoms with E-state index in [1.807, 2.05) is 19.1 Å². The highest BCUT2D eigenvalue weighted by atomic mass is 79.9. The van der Waals surface area contributed by atoms with E-state index >= 15 is 0 Å². The molecule has 1 N–H and O–H groups in total. The van der Waals surface area contributed by atoms with Crippen LogP contribution in [0.25, 0.3) is 0 Å². The molecule has 0 saturated carbocycles. The fourth-order valence-corrected chi connectivity index (χ4v) is 2.23. The minimum absolute atomic E-state index is 0.215. The molecule has 0 unspecified atom stereocenters. The number of nitrogens with one attached hydrogen (secondary N) is 1. The smallest absolute Gasteiger partial charge is 0.256 e. The van der Waals surface area contributed by atoms with Crippen molar-refractivity contribution in [2.24, 2.45) is 0 Å². The number of halogens is 2. The molecule has 0 radical (unpaired) electrons. The molecular formula is C12H9Br2N3O. The van der Waals surface area contributed by atoms with Crippen LogP contribution in [-0.2, 0) is 0 Å². The summed E-state index contributed by atoms with van der Waals surface area (Å²) in [6, 6.07) is 7.31. The Morgan fingerprint density at radius 2 is 1.89 bits per heavy atom. The molecule has 0 aliphatic heterocycles. The van der Waals surface area contributed by atoms with Crippen molar-refractivity contribution in [3.05, 3.63) is 50.8 Å². The average Bonchev–Trinajstić information content (AvgIpc) is 2.33. The molecule has 92 valence electrons. The molecule has 1 amide bonds. The molecule has 1 aromatic carbocycles. The van der Waals surface area contributed by atoms with Gasteiger partial charge in [0.2, 0.25) is 0 Å². The lowest BCUT2D eigenvalue weighted by Crippen LogP contribution is -2.13. The number of nitrogens with zero attached hydrogens (tertiary/aromatic N) is 2. The summed E-state index contributed by atoms with van der Waals surface area (Å²) in [6.45, 7) is 1.97. The summed E-state index contributed by atoms with van der Waals surface area (Å²) in [5.41, 5.74) is 1.69. The van der Waals surface area contributed by atoms with Gasteiger partial charge < -0.3 is 5.32 Å². The highest BCUT2D eigenvalue weighted by molar-refractivity contribution is 9.11. The van der Waals surface area contributed by atoms with Gasteiger partial charge in [-0.25, -0.2) is 9.97 Å². The number of rotatable bonds is 2. The first-order valence-corrected chi connectivity index (χ1v) is 6.71. The van der Waals surface area contributed by atoms with Gasteiger partial charge in [-0.3, -0.25) is 4.79 Å². The van der Waals surface area contributed by atoms with Gasteiger partial charge in [0.25, 0.3) is 5.91 Å². The van der Waals surface area contributed by atoms with E-state index in [2.05, 4.69) is 47.1 Å². The minimum Gasteiger partial charge on any atom is -0.304 e. The molecule has 0 atom stereocenters. The van der Waals surface area contributed by atoms with Gasteiger partial charge in [0.15, 0.2) is 5.82 Å². The Bertz CT molecular complexity index is 584. The van der Waals surface area contributed by atoms with Crippen LogP contribution in [0.2, 0.25) is 0 Å². The number of aromatic nitrogens is 2. The second kappa shape index (κ2) is 5.58. The molecule has 0 bridgehead atoms. The summed E-state index contributed by atoms with van der Waals surface area (Å²) in [6.07, 6.45) is 1.52. The largest absolute Gasteiger partial charge is 0.304 e. The summed E-state index contributed by atoms with van der Waals surface area (Å²) in [7, 11) is 0. The number of hydrogen-bond donors (Lipinski definition) is 1. The molecule has 4 nitrogen and oxygen atoms in total. The van der Waals surface area contributed by atoms with Gasteiger partial charge in [0.05, 0.1) is 6.20 Å². The van der Waals surface area contributed by atoms with Crippen LogP contribution in [0.1, 0.15) is 15.9 Å². The number of aryl methyl sites for hydroxylation is 1. The number of anilines is 1. The Balaban J connectivity index is 2.18. The number of carbonyl (C=O) groups excluding carboxylic acids is 1. The van der Waals surface area contributed by atoms with Crippen molar-refractivity contribution in [1.29, 1.82) is 0 Å². The van der Waals surface area contributed by atoms with Crippen LogP contribution in [0.5, 0.6) is 0 Å². The molecule has 18 heavy (non-hydrogen) atoms. The van der Waals surface area contributed by atoms with Crippen LogP contribution >= 0.6 is 31.9 Å². The van der Waals surface area contributed by atoms with Gasteiger partial charge in [-0.15, -0.1) is 0 Å². The molecule has 0 spiro atoms. The Kier molecular flexibility index (Phi) is 4.08. The molecule has 6 heteroatoms. The first kappa shape index (κ1) is 13.2. The lowest BCUT2D eigenvalue weighted by molar-refractivity contribution is 0.102. The van der Waals surface area contributed by atoms with Crippen molar-refractivity contribution in [1.82, 2.24) is 9.97 Å². The van der Waals surface area contributed by atoms with Gasteiger partial charge in [-0.2, -0.15) is 0 Å². The molecule has 0 aliphatic rings. The Morgan fingerprint density at radius 1 is 1.22 bits per heavy atom. The van der Waals surface area contributed by atoms with Crippen molar-refractivity contribution >= 4 is 43.6 Å². The van der Waals surface area contributed by atoms with Crippen LogP contribution in [-0.4, -0.2) is 15.9 Å². The fraction of sp³-hybridized carbons (Fsp3) is 0.0833. The van der Waals surface area contributed by atoms with Crippen molar-refractivity contribution < 1.29 is 4.79 Å². The maximum Gasteiger partial charge on any atom is 0.256 e. The fourth-order valence-electron chi connectivity index (χ4n) is 1.32. The topological polar surface area (TPSA) is 54.9 Å². The molecular weight excluding hydrogens is 362 g/mol. The normalized spacial score (nSPS) is 10.2. The van der Waals surface area contributed by atoms with Crippen molar-refractivity contribution in [3.8, 4) is 0 Å². The third-order valence-corrected chi connectivity index (χ3v) is 3.18. The van der Waals surface area contributed by atoms with E-state index in [1.54, 1.807) is 12.1 Å². The lowest BCUT2D eigenvalue weighted by Gasteiger charge is -2.06. The Morgan fingerprint density at radius 3 is 2.50 bits per heavy atom. The predicted molar refractivity (Wildman–Crippen MR) is 76.6 cm³/mol. The van der Waals surface area contributed by atoms with Crippen LogP contribution in [0.3, 0.4) is 0 Å². The maximum atomic E-state index is 12.0. The number of hydrogen-bond acceptors (Lipinski definition) is 3. The summed E-state index contributed by atoms with van der Waals surface area (Å²) in [4.78, 5) is 20.1. The number of carbonyl (C=O) groups is 1.